The topological polar surface area (TPSA) is 109 Å². The van der Waals surface area contributed by atoms with Crippen LogP contribution < -0.4 is 5.73 Å². The lowest BCUT2D eigenvalue weighted by molar-refractivity contribution is 0.0601. The molecule has 2 N–H and O–H groups in total. The average molecular weight is 495 g/mol. The molecular formula is C24H22N4O4S2. The van der Waals surface area contributed by atoms with Crippen LogP contribution >= 0.6 is 23.1 Å². The maximum atomic E-state index is 12.4. The van der Waals surface area contributed by atoms with Crippen molar-refractivity contribution in [3.8, 4) is 17.1 Å². The molecule has 0 amide bonds. The van der Waals surface area contributed by atoms with Gasteiger partial charge >= 0.3 is 11.9 Å². The number of aromatic nitrogens is 3. The van der Waals surface area contributed by atoms with Crippen molar-refractivity contribution in [1.29, 1.82) is 0 Å². The third kappa shape index (κ3) is 4.55. The van der Waals surface area contributed by atoms with Crippen LogP contribution in [-0.4, -0.2) is 40.9 Å². The molecule has 2 aromatic carbocycles. The lowest BCUT2D eigenvalue weighted by atomic mass is 10.1. The summed E-state index contributed by atoms with van der Waals surface area (Å²) < 4.78 is 11.7. The van der Waals surface area contributed by atoms with Crippen molar-refractivity contribution in [1.82, 2.24) is 14.8 Å². The Morgan fingerprint density at radius 2 is 1.68 bits per heavy atom. The van der Waals surface area contributed by atoms with Crippen LogP contribution in [0.2, 0.25) is 0 Å². The van der Waals surface area contributed by atoms with Crippen molar-refractivity contribution >= 4 is 40.0 Å². The molecule has 8 nitrogen and oxygen atoms in total. The minimum Gasteiger partial charge on any atom is -0.465 e. The van der Waals surface area contributed by atoms with E-state index in [0.717, 1.165) is 28.2 Å². The number of nitrogen functional groups attached to an aromatic ring is 1. The van der Waals surface area contributed by atoms with Gasteiger partial charge in [0.1, 0.15) is 9.88 Å². The molecule has 0 atom stereocenters. The first-order chi connectivity index (χ1) is 16.4. The maximum Gasteiger partial charge on any atom is 0.348 e. The van der Waals surface area contributed by atoms with Crippen LogP contribution in [0.4, 0.5) is 5.00 Å². The van der Waals surface area contributed by atoms with Crippen LogP contribution in [0.1, 0.15) is 31.2 Å². The monoisotopic (exact) mass is 494 g/mol. The van der Waals surface area contributed by atoms with E-state index in [4.69, 9.17) is 15.2 Å². The summed E-state index contributed by atoms with van der Waals surface area (Å²) in [4.78, 5) is 25.0. The number of hydrogen-bond acceptors (Lipinski definition) is 9. The Bertz CT molecular complexity index is 1330. The smallest absolute Gasteiger partial charge is 0.348 e. The number of thioether (sulfide) groups is 1. The van der Waals surface area contributed by atoms with Crippen LogP contribution in [0.3, 0.4) is 0 Å². The number of thiophene rings is 1. The van der Waals surface area contributed by atoms with Crippen LogP contribution in [0.5, 0.6) is 0 Å². The van der Waals surface area contributed by atoms with Crippen molar-refractivity contribution < 1.29 is 19.1 Å². The van der Waals surface area contributed by atoms with E-state index in [0.29, 0.717) is 16.5 Å². The Hall–Kier alpha value is -3.63. The van der Waals surface area contributed by atoms with Crippen LogP contribution in [0.25, 0.3) is 17.1 Å². The second kappa shape index (κ2) is 10.1. The van der Waals surface area contributed by atoms with Gasteiger partial charge in [0.2, 0.25) is 0 Å². The minimum atomic E-state index is -0.607. The lowest BCUT2D eigenvalue weighted by Gasteiger charge is -2.11. The molecule has 0 bridgehead atoms. The number of nitrogens with zero attached hydrogens (tertiary/aromatic N) is 3. The summed E-state index contributed by atoms with van der Waals surface area (Å²) in [6.45, 7) is 2.02. The molecule has 0 fully saturated rings. The van der Waals surface area contributed by atoms with Crippen molar-refractivity contribution in [2.75, 3.05) is 20.0 Å². The van der Waals surface area contributed by atoms with E-state index in [-0.39, 0.29) is 21.2 Å². The van der Waals surface area contributed by atoms with Gasteiger partial charge in [0.25, 0.3) is 0 Å². The molecule has 0 saturated heterocycles. The SMILES string of the molecule is COC(=O)c1sc(N)c(C(=O)OC)c1CSc1nnc(-c2ccccc2)n1-c1ccc(C)cc1. The zero-order valence-corrected chi connectivity index (χ0v) is 20.4. The lowest BCUT2D eigenvalue weighted by Crippen LogP contribution is -2.09. The number of carbonyl (C=O) groups is 2. The molecule has 0 aliphatic carbocycles. The van der Waals surface area contributed by atoms with Gasteiger partial charge in [-0.1, -0.05) is 59.8 Å². The highest BCUT2D eigenvalue weighted by atomic mass is 32.2. The third-order valence-electron chi connectivity index (χ3n) is 5.10. The van der Waals surface area contributed by atoms with E-state index in [2.05, 4.69) is 10.2 Å². The summed E-state index contributed by atoms with van der Waals surface area (Å²) in [6.07, 6.45) is 0. The Morgan fingerprint density at radius 3 is 2.32 bits per heavy atom. The number of carbonyl (C=O) groups excluding carboxylic acids is 2. The standard InChI is InChI=1S/C24H22N4O4S2/c1-14-9-11-16(12-10-14)28-21(15-7-5-4-6-8-15)26-27-24(28)33-13-17-18(22(29)31-2)20(25)34-19(17)23(30)32-3/h4-12H,13,25H2,1-3H3. The highest BCUT2D eigenvalue weighted by molar-refractivity contribution is 7.98. The molecule has 0 spiro atoms. The minimum absolute atomic E-state index is 0.171. The first-order valence-electron chi connectivity index (χ1n) is 10.2. The third-order valence-corrected chi connectivity index (χ3v) is 7.09. The van der Waals surface area contributed by atoms with Crippen molar-refractivity contribution in [2.45, 2.75) is 17.8 Å². The number of nitrogens with two attached hydrogens (primary N) is 1. The van der Waals surface area contributed by atoms with Crippen molar-refractivity contribution in [3.05, 3.63) is 76.2 Å². The summed E-state index contributed by atoms with van der Waals surface area (Å²) in [6, 6.07) is 17.8. The Labute approximate surface area is 204 Å². The van der Waals surface area contributed by atoms with Gasteiger partial charge < -0.3 is 15.2 Å². The number of hydrogen-bond donors (Lipinski definition) is 1. The molecule has 0 aliphatic rings. The number of methoxy groups -OCH3 is 2. The predicted octanol–water partition coefficient (Wildman–Crippen LogP) is 4.75. The summed E-state index contributed by atoms with van der Waals surface area (Å²) >= 11 is 2.34. The Morgan fingerprint density at radius 1 is 1.00 bits per heavy atom. The predicted molar refractivity (Wildman–Crippen MR) is 133 cm³/mol. The van der Waals surface area contributed by atoms with E-state index in [1.54, 1.807) is 0 Å². The Balaban J connectivity index is 1.78. The van der Waals surface area contributed by atoms with Gasteiger partial charge in [0.05, 0.1) is 19.8 Å². The summed E-state index contributed by atoms with van der Waals surface area (Å²) in [5.74, 6) is -0.253. The maximum absolute atomic E-state index is 12.4. The van der Waals surface area contributed by atoms with Gasteiger partial charge in [-0.3, -0.25) is 4.57 Å². The normalized spacial score (nSPS) is 10.8. The molecule has 2 aromatic heterocycles. The van der Waals surface area contributed by atoms with E-state index in [1.807, 2.05) is 66.1 Å². The van der Waals surface area contributed by atoms with Gasteiger partial charge in [0, 0.05) is 22.6 Å². The second-order valence-corrected chi connectivity index (χ2v) is 9.26. The van der Waals surface area contributed by atoms with Gasteiger partial charge in [-0.05, 0) is 19.1 Å². The molecule has 4 aromatic rings. The number of anilines is 1. The van der Waals surface area contributed by atoms with Gasteiger partial charge in [-0.15, -0.1) is 21.5 Å². The Kier molecular flexibility index (Phi) is 6.99. The molecule has 0 unspecified atom stereocenters. The fourth-order valence-corrected chi connectivity index (χ4v) is 5.47. The highest BCUT2D eigenvalue weighted by Gasteiger charge is 2.28. The molecule has 0 aliphatic heterocycles. The van der Waals surface area contributed by atoms with E-state index >= 15 is 0 Å². The van der Waals surface area contributed by atoms with E-state index < -0.39 is 11.9 Å². The molecule has 0 saturated carbocycles. The fraction of sp³-hybridized carbons (Fsp3) is 0.167. The first kappa shape index (κ1) is 23.5. The number of aryl methyl sites for hydroxylation is 1. The molecule has 4 rings (SSSR count). The van der Waals surface area contributed by atoms with Crippen molar-refractivity contribution in [3.63, 3.8) is 0 Å². The fourth-order valence-electron chi connectivity index (χ4n) is 3.41. The zero-order valence-electron chi connectivity index (χ0n) is 18.8. The van der Waals surface area contributed by atoms with Gasteiger partial charge in [-0.25, -0.2) is 9.59 Å². The molecule has 10 heteroatoms. The van der Waals surface area contributed by atoms with Gasteiger partial charge in [0.15, 0.2) is 11.0 Å². The van der Waals surface area contributed by atoms with Crippen LogP contribution in [0, 0.1) is 6.92 Å². The molecular weight excluding hydrogens is 472 g/mol. The summed E-state index contributed by atoms with van der Waals surface area (Å²) in [5, 5.41) is 9.65. The van der Waals surface area contributed by atoms with Crippen LogP contribution in [0.15, 0.2) is 59.8 Å². The number of rotatable bonds is 7. The van der Waals surface area contributed by atoms with Crippen LogP contribution in [-0.2, 0) is 15.2 Å². The molecule has 2 heterocycles. The molecule has 174 valence electrons. The zero-order chi connectivity index (χ0) is 24.2. The highest BCUT2D eigenvalue weighted by Crippen LogP contribution is 2.37. The second-order valence-electron chi connectivity index (χ2n) is 7.26. The molecule has 0 radical (unpaired) electrons. The van der Waals surface area contributed by atoms with Gasteiger partial charge in [-0.2, -0.15) is 0 Å². The number of esters is 2. The molecule has 34 heavy (non-hydrogen) atoms. The quantitative estimate of drug-likeness (QED) is 0.290. The van der Waals surface area contributed by atoms with E-state index in [1.165, 1.54) is 26.0 Å². The summed E-state index contributed by atoms with van der Waals surface area (Å²) in [7, 11) is 2.56. The first-order valence-corrected chi connectivity index (χ1v) is 12.0. The average Bonchev–Trinajstić information content (AvgIpc) is 3.43. The van der Waals surface area contributed by atoms with Crippen molar-refractivity contribution in [2.24, 2.45) is 0 Å². The number of ether oxygens (including phenoxy) is 2. The summed E-state index contributed by atoms with van der Waals surface area (Å²) in [5.41, 5.74) is 9.62. The number of benzene rings is 2. The largest absolute Gasteiger partial charge is 0.465 e. The van der Waals surface area contributed by atoms with E-state index in [9.17, 15) is 9.59 Å².